The number of methoxy groups -OCH3 is 1. The molecule has 0 bridgehead atoms. The molecule has 1 N–H and O–H groups in total. The fourth-order valence-electron chi connectivity index (χ4n) is 4.40. The zero-order chi connectivity index (χ0) is 24.3. The summed E-state index contributed by atoms with van der Waals surface area (Å²) in [5.74, 6) is -4.66. The molecule has 1 aliphatic heterocycles. The number of rotatable bonds is 5. The van der Waals surface area contributed by atoms with Crippen LogP contribution < -0.4 is 4.90 Å². The van der Waals surface area contributed by atoms with Gasteiger partial charge in [0.1, 0.15) is 11.5 Å². The lowest BCUT2D eigenvalue weighted by Gasteiger charge is -2.37. The van der Waals surface area contributed by atoms with Gasteiger partial charge in [-0.2, -0.15) is 18.3 Å². The van der Waals surface area contributed by atoms with E-state index in [4.69, 9.17) is 9.47 Å². The lowest BCUT2D eigenvalue weighted by atomic mass is 10.0. The Balaban J connectivity index is 1.68. The van der Waals surface area contributed by atoms with E-state index in [-0.39, 0.29) is 29.8 Å². The van der Waals surface area contributed by atoms with Gasteiger partial charge in [-0.25, -0.2) is 13.8 Å². The second-order valence-corrected chi connectivity index (χ2v) is 8.50. The minimum absolute atomic E-state index is 0.115. The second kappa shape index (κ2) is 8.05. The Kier molecular flexibility index (Phi) is 5.40. The Morgan fingerprint density at radius 2 is 1.97 bits per heavy atom. The van der Waals surface area contributed by atoms with Gasteiger partial charge in [0, 0.05) is 36.9 Å². The molecule has 0 unspecified atom stereocenters. The molecule has 2 aromatic heterocycles. The number of aromatic nitrogens is 3. The second-order valence-electron chi connectivity index (χ2n) is 8.50. The van der Waals surface area contributed by atoms with E-state index in [0.29, 0.717) is 37.2 Å². The maximum absolute atomic E-state index is 14.8. The van der Waals surface area contributed by atoms with Crippen LogP contribution in [0.2, 0.25) is 0 Å². The smallest absolute Gasteiger partial charge is 0.419 e. The Morgan fingerprint density at radius 3 is 2.65 bits per heavy atom. The molecule has 1 aromatic carbocycles. The molecule has 2 fully saturated rings. The average molecular weight is 484 g/mol. The first-order valence-electron chi connectivity index (χ1n) is 10.7. The van der Waals surface area contributed by atoms with Crippen molar-refractivity contribution in [2.24, 2.45) is 0 Å². The molecular formula is C22H21F5N4O3. The standard InChI is InChI=1S/C22H21F5N4O3/c1-33-6-5-31-15-9-16(30-4-7-34-11-21(30)2-3-21)28-10-13(15)19(29-31)12-8-14(22(25,26)27)18(24)20(32)17(12)23/h8-10,32H,2-7,11H2,1H3. The number of hydrogen-bond donors (Lipinski definition) is 1. The number of phenols is 1. The van der Waals surface area contributed by atoms with Crippen LogP contribution in [0.25, 0.3) is 22.2 Å². The summed E-state index contributed by atoms with van der Waals surface area (Å²) in [6.07, 6.45) is -1.81. The van der Waals surface area contributed by atoms with Crippen molar-refractivity contribution in [2.75, 3.05) is 38.4 Å². The molecule has 7 nitrogen and oxygen atoms in total. The number of benzene rings is 1. The highest BCUT2D eigenvalue weighted by Gasteiger charge is 2.50. The highest BCUT2D eigenvalue weighted by molar-refractivity contribution is 5.94. The Bertz CT molecular complexity index is 1260. The number of anilines is 1. The molecule has 1 aliphatic carbocycles. The van der Waals surface area contributed by atoms with E-state index in [0.717, 1.165) is 12.8 Å². The van der Waals surface area contributed by atoms with Crippen LogP contribution in [0, 0.1) is 11.6 Å². The minimum atomic E-state index is -5.14. The van der Waals surface area contributed by atoms with E-state index in [2.05, 4.69) is 15.0 Å². The zero-order valence-electron chi connectivity index (χ0n) is 18.1. The lowest BCUT2D eigenvalue weighted by molar-refractivity contribution is -0.140. The van der Waals surface area contributed by atoms with Crippen molar-refractivity contribution in [2.45, 2.75) is 31.1 Å². The first-order valence-corrected chi connectivity index (χ1v) is 10.7. The number of fused-ring (bicyclic) bond motifs is 1. The summed E-state index contributed by atoms with van der Waals surface area (Å²) in [7, 11) is 1.48. The van der Waals surface area contributed by atoms with Gasteiger partial charge in [-0.15, -0.1) is 0 Å². The summed E-state index contributed by atoms with van der Waals surface area (Å²) >= 11 is 0. The number of morpholine rings is 1. The van der Waals surface area contributed by atoms with Gasteiger partial charge in [0.05, 0.1) is 43.0 Å². The molecule has 0 radical (unpaired) electrons. The van der Waals surface area contributed by atoms with Crippen molar-refractivity contribution in [3.8, 4) is 17.0 Å². The van der Waals surface area contributed by atoms with Crippen LogP contribution in [-0.4, -0.2) is 58.9 Å². The molecule has 182 valence electrons. The fourth-order valence-corrected chi connectivity index (χ4v) is 4.40. The van der Waals surface area contributed by atoms with Gasteiger partial charge in [0.15, 0.2) is 17.4 Å². The molecule has 0 atom stereocenters. The van der Waals surface area contributed by atoms with Crippen molar-refractivity contribution in [1.29, 1.82) is 0 Å². The van der Waals surface area contributed by atoms with Crippen LogP contribution in [0.5, 0.6) is 5.75 Å². The summed E-state index contributed by atoms with van der Waals surface area (Å²) in [6.45, 7) is 2.22. The number of nitrogens with zero attached hydrogens (tertiary/aromatic N) is 4. The SMILES string of the molecule is COCCn1nc(-c2cc(C(F)(F)F)c(F)c(O)c2F)c2cnc(N3CCOCC34CC4)cc21. The van der Waals surface area contributed by atoms with Gasteiger partial charge in [0.25, 0.3) is 0 Å². The van der Waals surface area contributed by atoms with Crippen LogP contribution in [-0.2, 0) is 22.2 Å². The van der Waals surface area contributed by atoms with Gasteiger partial charge in [-0.05, 0) is 18.9 Å². The number of halogens is 5. The highest BCUT2D eigenvalue weighted by Crippen LogP contribution is 2.46. The molecule has 12 heteroatoms. The van der Waals surface area contributed by atoms with Crippen LogP contribution in [0.4, 0.5) is 27.8 Å². The number of hydrogen-bond acceptors (Lipinski definition) is 6. The van der Waals surface area contributed by atoms with Crippen LogP contribution >= 0.6 is 0 Å². The highest BCUT2D eigenvalue weighted by atomic mass is 19.4. The third kappa shape index (κ3) is 3.65. The van der Waals surface area contributed by atoms with Crippen LogP contribution in [0.15, 0.2) is 18.3 Å². The van der Waals surface area contributed by atoms with E-state index in [1.54, 1.807) is 6.07 Å². The molecule has 1 saturated heterocycles. The van der Waals surface area contributed by atoms with E-state index in [1.165, 1.54) is 18.0 Å². The predicted molar refractivity (Wildman–Crippen MR) is 112 cm³/mol. The van der Waals surface area contributed by atoms with Gasteiger partial charge in [-0.3, -0.25) is 4.68 Å². The maximum Gasteiger partial charge on any atom is 0.419 e. The molecular weight excluding hydrogens is 463 g/mol. The molecule has 1 spiro atoms. The first-order chi connectivity index (χ1) is 16.2. The number of phenolic OH excluding ortho intramolecular Hbond substituents is 1. The largest absolute Gasteiger partial charge is 0.503 e. The monoisotopic (exact) mass is 484 g/mol. The lowest BCUT2D eigenvalue weighted by Crippen LogP contribution is -2.48. The van der Waals surface area contributed by atoms with Gasteiger partial charge >= 0.3 is 6.18 Å². The van der Waals surface area contributed by atoms with Crippen LogP contribution in [0.1, 0.15) is 18.4 Å². The summed E-state index contributed by atoms with van der Waals surface area (Å²) < 4.78 is 81.0. The summed E-state index contributed by atoms with van der Waals surface area (Å²) in [4.78, 5) is 6.64. The molecule has 2 aliphatic rings. The number of aromatic hydroxyl groups is 1. The summed E-state index contributed by atoms with van der Waals surface area (Å²) in [6, 6.07) is 2.07. The topological polar surface area (TPSA) is 72.6 Å². The Labute approximate surface area is 190 Å². The molecule has 3 aromatic rings. The molecule has 1 saturated carbocycles. The van der Waals surface area contributed by atoms with E-state index < -0.39 is 34.7 Å². The van der Waals surface area contributed by atoms with Gasteiger partial charge in [0.2, 0.25) is 0 Å². The van der Waals surface area contributed by atoms with E-state index >= 15 is 0 Å². The van der Waals surface area contributed by atoms with Crippen molar-refractivity contribution in [1.82, 2.24) is 14.8 Å². The normalized spacial score (nSPS) is 17.6. The van der Waals surface area contributed by atoms with Crippen molar-refractivity contribution < 1.29 is 36.5 Å². The van der Waals surface area contributed by atoms with Crippen LogP contribution in [0.3, 0.4) is 0 Å². The summed E-state index contributed by atoms with van der Waals surface area (Å²) in [5, 5.41) is 14.3. The number of alkyl halides is 3. The van der Waals surface area contributed by atoms with E-state index in [9.17, 15) is 27.1 Å². The number of pyridine rings is 1. The molecule has 3 heterocycles. The molecule has 34 heavy (non-hydrogen) atoms. The Hall–Kier alpha value is -2.99. The van der Waals surface area contributed by atoms with Crippen molar-refractivity contribution >= 4 is 16.7 Å². The average Bonchev–Trinajstić information content (AvgIpc) is 3.47. The maximum atomic E-state index is 14.8. The third-order valence-electron chi connectivity index (χ3n) is 6.37. The number of ether oxygens (including phenoxy) is 2. The minimum Gasteiger partial charge on any atom is -0.503 e. The van der Waals surface area contributed by atoms with Crippen molar-refractivity contribution in [3.63, 3.8) is 0 Å². The van der Waals surface area contributed by atoms with Crippen molar-refractivity contribution in [3.05, 3.63) is 35.5 Å². The predicted octanol–water partition coefficient (Wildman–Crippen LogP) is 4.12. The fraction of sp³-hybridized carbons (Fsp3) is 0.455. The zero-order valence-corrected chi connectivity index (χ0v) is 18.1. The molecule has 0 amide bonds. The quantitative estimate of drug-likeness (QED) is 0.550. The third-order valence-corrected chi connectivity index (χ3v) is 6.37. The van der Waals surface area contributed by atoms with Gasteiger partial charge < -0.3 is 19.5 Å². The Morgan fingerprint density at radius 1 is 1.21 bits per heavy atom. The summed E-state index contributed by atoms with van der Waals surface area (Å²) in [5.41, 5.74) is -2.26. The van der Waals surface area contributed by atoms with E-state index in [1.807, 2.05) is 0 Å². The molecule has 5 rings (SSSR count). The van der Waals surface area contributed by atoms with Gasteiger partial charge in [-0.1, -0.05) is 0 Å². The first kappa shape index (κ1) is 22.8.